The molecular formula is C13H21NO3. The first-order chi connectivity index (χ1) is 8.30. The smallest absolute Gasteiger partial charge is 0.123 e. The molecule has 17 heavy (non-hydrogen) atoms. The molecule has 1 rings (SSSR count). The van der Waals surface area contributed by atoms with Gasteiger partial charge in [-0.05, 0) is 30.5 Å². The van der Waals surface area contributed by atoms with Gasteiger partial charge in [0.15, 0.2) is 0 Å². The first-order valence-corrected chi connectivity index (χ1v) is 5.80. The summed E-state index contributed by atoms with van der Waals surface area (Å²) >= 11 is 0. The molecular weight excluding hydrogens is 218 g/mol. The van der Waals surface area contributed by atoms with Crippen molar-refractivity contribution in [3.63, 3.8) is 0 Å². The van der Waals surface area contributed by atoms with Crippen molar-refractivity contribution in [2.45, 2.75) is 19.4 Å². The molecule has 0 aliphatic carbocycles. The molecule has 2 N–H and O–H groups in total. The average molecular weight is 239 g/mol. The summed E-state index contributed by atoms with van der Waals surface area (Å²) in [4.78, 5) is 0. The highest BCUT2D eigenvalue weighted by atomic mass is 16.5. The summed E-state index contributed by atoms with van der Waals surface area (Å²) in [5, 5.41) is 0. The molecule has 0 bridgehead atoms. The highest BCUT2D eigenvalue weighted by Gasteiger charge is 2.01. The number of benzene rings is 1. The van der Waals surface area contributed by atoms with Gasteiger partial charge in [0, 0.05) is 26.3 Å². The van der Waals surface area contributed by atoms with Crippen LogP contribution in [0.4, 0.5) is 0 Å². The van der Waals surface area contributed by atoms with E-state index in [1.54, 1.807) is 14.2 Å². The van der Waals surface area contributed by atoms with Crippen LogP contribution in [0.15, 0.2) is 18.2 Å². The van der Waals surface area contributed by atoms with E-state index in [2.05, 4.69) is 0 Å². The molecule has 0 unspecified atom stereocenters. The standard InChI is InChI=1S/C13H21NO3/c1-15-5-3-4-6-17-13-8-11(10-14)7-12(9-13)16-2/h7-9H,3-6,10,14H2,1-2H3. The van der Waals surface area contributed by atoms with Crippen LogP contribution in [0.3, 0.4) is 0 Å². The molecule has 0 atom stereocenters. The lowest BCUT2D eigenvalue weighted by Gasteiger charge is -2.10. The minimum absolute atomic E-state index is 0.483. The summed E-state index contributed by atoms with van der Waals surface area (Å²) in [6, 6.07) is 5.73. The van der Waals surface area contributed by atoms with E-state index in [0.717, 1.165) is 36.5 Å². The Balaban J connectivity index is 2.46. The van der Waals surface area contributed by atoms with E-state index in [9.17, 15) is 0 Å². The number of rotatable bonds is 8. The Morgan fingerprint density at radius 2 is 1.71 bits per heavy atom. The van der Waals surface area contributed by atoms with Crippen molar-refractivity contribution in [2.24, 2.45) is 5.73 Å². The molecule has 1 aromatic rings. The van der Waals surface area contributed by atoms with Crippen molar-refractivity contribution in [3.8, 4) is 11.5 Å². The van der Waals surface area contributed by atoms with Gasteiger partial charge in [0.05, 0.1) is 13.7 Å². The van der Waals surface area contributed by atoms with Gasteiger partial charge >= 0.3 is 0 Å². The third-order valence-corrected chi connectivity index (χ3v) is 2.42. The Hall–Kier alpha value is -1.26. The Morgan fingerprint density at radius 1 is 1.00 bits per heavy atom. The summed E-state index contributed by atoms with van der Waals surface area (Å²) in [5.74, 6) is 1.59. The normalized spacial score (nSPS) is 10.3. The van der Waals surface area contributed by atoms with Gasteiger partial charge in [0.2, 0.25) is 0 Å². The molecule has 1 aromatic carbocycles. The zero-order valence-corrected chi connectivity index (χ0v) is 10.6. The summed E-state index contributed by atoms with van der Waals surface area (Å²) in [5.41, 5.74) is 6.62. The molecule has 0 saturated carbocycles. The Bertz CT molecular complexity index is 306. The SMILES string of the molecule is COCCCCOc1cc(CN)cc(OC)c1. The molecule has 96 valence electrons. The van der Waals surface area contributed by atoms with Crippen molar-refractivity contribution >= 4 is 0 Å². The largest absolute Gasteiger partial charge is 0.497 e. The number of hydrogen-bond donors (Lipinski definition) is 1. The molecule has 0 heterocycles. The van der Waals surface area contributed by atoms with Crippen LogP contribution in [0.25, 0.3) is 0 Å². The van der Waals surface area contributed by atoms with E-state index in [4.69, 9.17) is 19.9 Å². The maximum absolute atomic E-state index is 5.65. The maximum Gasteiger partial charge on any atom is 0.123 e. The quantitative estimate of drug-likeness (QED) is 0.705. The van der Waals surface area contributed by atoms with Crippen LogP contribution in [-0.2, 0) is 11.3 Å². The second-order valence-corrected chi connectivity index (χ2v) is 3.77. The molecule has 0 radical (unpaired) electrons. The van der Waals surface area contributed by atoms with Crippen molar-refractivity contribution in [2.75, 3.05) is 27.4 Å². The molecule has 0 fully saturated rings. The van der Waals surface area contributed by atoms with Gasteiger partial charge < -0.3 is 19.9 Å². The number of hydrogen-bond acceptors (Lipinski definition) is 4. The minimum atomic E-state index is 0.483. The van der Waals surface area contributed by atoms with Crippen molar-refractivity contribution < 1.29 is 14.2 Å². The Kier molecular flexibility index (Phi) is 6.43. The molecule has 4 nitrogen and oxygen atoms in total. The molecule has 4 heteroatoms. The lowest BCUT2D eigenvalue weighted by atomic mass is 10.2. The van der Waals surface area contributed by atoms with Crippen LogP contribution < -0.4 is 15.2 Å². The maximum atomic E-state index is 5.65. The lowest BCUT2D eigenvalue weighted by molar-refractivity contribution is 0.184. The molecule has 0 spiro atoms. The Morgan fingerprint density at radius 3 is 2.35 bits per heavy atom. The molecule has 0 aliphatic heterocycles. The van der Waals surface area contributed by atoms with Gasteiger partial charge in [-0.3, -0.25) is 0 Å². The third kappa shape index (κ3) is 5.06. The zero-order valence-electron chi connectivity index (χ0n) is 10.6. The second-order valence-electron chi connectivity index (χ2n) is 3.77. The first kappa shape index (κ1) is 13.8. The van der Waals surface area contributed by atoms with Crippen LogP contribution in [0, 0.1) is 0 Å². The van der Waals surface area contributed by atoms with Crippen LogP contribution in [0.5, 0.6) is 11.5 Å². The number of nitrogens with two attached hydrogens (primary N) is 1. The summed E-state index contributed by atoms with van der Waals surface area (Å²) < 4.78 is 15.8. The van der Waals surface area contributed by atoms with Gasteiger partial charge in [-0.2, -0.15) is 0 Å². The summed E-state index contributed by atoms with van der Waals surface area (Å²) in [6.07, 6.45) is 1.98. The average Bonchev–Trinajstić information content (AvgIpc) is 2.38. The highest BCUT2D eigenvalue weighted by Crippen LogP contribution is 2.22. The molecule has 0 aromatic heterocycles. The van der Waals surface area contributed by atoms with Crippen LogP contribution >= 0.6 is 0 Å². The fourth-order valence-corrected chi connectivity index (χ4v) is 1.49. The van der Waals surface area contributed by atoms with Gasteiger partial charge in [-0.1, -0.05) is 0 Å². The topological polar surface area (TPSA) is 53.7 Å². The number of methoxy groups -OCH3 is 2. The third-order valence-electron chi connectivity index (χ3n) is 2.42. The van der Waals surface area contributed by atoms with Crippen molar-refractivity contribution in [1.82, 2.24) is 0 Å². The fraction of sp³-hybridized carbons (Fsp3) is 0.538. The van der Waals surface area contributed by atoms with Gasteiger partial charge in [-0.15, -0.1) is 0 Å². The van der Waals surface area contributed by atoms with E-state index in [1.807, 2.05) is 18.2 Å². The molecule has 0 amide bonds. The van der Waals surface area contributed by atoms with E-state index in [1.165, 1.54) is 0 Å². The first-order valence-electron chi connectivity index (χ1n) is 5.80. The van der Waals surface area contributed by atoms with Crippen molar-refractivity contribution in [3.05, 3.63) is 23.8 Å². The molecule has 0 aliphatic rings. The summed E-state index contributed by atoms with van der Waals surface area (Å²) in [6.45, 7) is 1.94. The predicted octanol–water partition coefficient (Wildman–Crippen LogP) is 1.96. The van der Waals surface area contributed by atoms with Crippen LogP contribution in [0.2, 0.25) is 0 Å². The lowest BCUT2D eigenvalue weighted by Crippen LogP contribution is -2.02. The van der Waals surface area contributed by atoms with Gasteiger partial charge in [0.25, 0.3) is 0 Å². The number of unbranched alkanes of at least 4 members (excludes halogenated alkanes) is 1. The predicted molar refractivity (Wildman–Crippen MR) is 67.5 cm³/mol. The Labute approximate surface area is 103 Å². The van der Waals surface area contributed by atoms with Gasteiger partial charge in [0.1, 0.15) is 11.5 Å². The fourth-order valence-electron chi connectivity index (χ4n) is 1.49. The van der Waals surface area contributed by atoms with Crippen LogP contribution in [-0.4, -0.2) is 27.4 Å². The molecule has 0 saturated heterocycles. The van der Waals surface area contributed by atoms with E-state index >= 15 is 0 Å². The summed E-state index contributed by atoms with van der Waals surface area (Å²) in [7, 11) is 3.34. The van der Waals surface area contributed by atoms with Crippen molar-refractivity contribution in [1.29, 1.82) is 0 Å². The van der Waals surface area contributed by atoms with E-state index in [-0.39, 0.29) is 0 Å². The second kappa shape index (κ2) is 7.92. The minimum Gasteiger partial charge on any atom is -0.497 e. The zero-order chi connectivity index (χ0) is 12.5. The monoisotopic (exact) mass is 239 g/mol. The van der Waals surface area contributed by atoms with E-state index < -0.39 is 0 Å². The van der Waals surface area contributed by atoms with E-state index in [0.29, 0.717) is 13.2 Å². The van der Waals surface area contributed by atoms with Crippen LogP contribution in [0.1, 0.15) is 18.4 Å². The van der Waals surface area contributed by atoms with Gasteiger partial charge in [-0.25, -0.2) is 0 Å². The highest BCUT2D eigenvalue weighted by molar-refractivity contribution is 5.38. The number of ether oxygens (including phenoxy) is 3.